The van der Waals surface area contributed by atoms with Crippen molar-refractivity contribution in [3.05, 3.63) is 87.4 Å². The van der Waals surface area contributed by atoms with Gasteiger partial charge in [-0.15, -0.1) is 0 Å². The number of nitrogens with one attached hydrogen (secondary N) is 2. The zero-order chi connectivity index (χ0) is 22.1. The van der Waals surface area contributed by atoms with Crippen LogP contribution in [0.3, 0.4) is 0 Å². The molecule has 7 heteroatoms. The molecule has 3 aromatic rings. The Bertz CT molecular complexity index is 1220. The Kier molecular flexibility index (Phi) is 6.19. The Morgan fingerprint density at radius 3 is 2.07 bits per heavy atom. The molecule has 0 saturated heterocycles. The van der Waals surface area contributed by atoms with Crippen LogP contribution in [0, 0.1) is 27.7 Å². The molecule has 0 heterocycles. The van der Waals surface area contributed by atoms with Crippen molar-refractivity contribution in [3.8, 4) is 0 Å². The first-order valence-corrected chi connectivity index (χ1v) is 11.2. The molecule has 0 aliphatic heterocycles. The lowest BCUT2D eigenvalue weighted by Crippen LogP contribution is -2.17. The third-order valence-electron chi connectivity index (χ3n) is 4.64. The summed E-state index contributed by atoms with van der Waals surface area (Å²) in [5.41, 5.74) is 4.60. The monoisotopic (exact) mass is 442 g/mol. The number of halogens is 1. The lowest BCUT2D eigenvalue weighted by atomic mass is 10.1. The van der Waals surface area contributed by atoms with Gasteiger partial charge in [0.15, 0.2) is 0 Å². The first-order chi connectivity index (χ1) is 14.0. The first kappa shape index (κ1) is 21.9. The highest BCUT2D eigenvalue weighted by Crippen LogP contribution is 2.24. The molecule has 30 heavy (non-hydrogen) atoms. The highest BCUT2D eigenvalue weighted by atomic mass is 35.5. The van der Waals surface area contributed by atoms with E-state index in [-0.39, 0.29) is 10.5 Å². The molecule has 0 aromatic heterocycles. The molecule has 3 rings (SSSR count). The number of sulfonamides is 1. The van der Waals surface area contributed by atoms with E-state index in [1.54, 1.807) is 49.4 Å². The summed E-state index contributed by atoms with van der Waals surface area (Å²) in [6, 6.07) is 15.3. The second kappa shape index (κ2) is 8.50. The van der Waals surface area contributed by atoms with Gasteiger partial charge in [0.25, 0.3) is 15.9 Å². The third kappa shape index (κ3) is 5.01. The van der Waals surface area contributed by atoms with Crippen molar-refractivity contribution >= 4 is 38.9 Å². The van der Waals surface area contributed by atoms with Crippen molar-refractivity contribution in [3.63, 3.8) is 0 Å². The SMILES string of the molecule is Cc1cc(C)cc(NS(=O)(=O)c2cc(C(=O)Nc3ccc(C)c(Cl)c3)ccc2C)c1. The first-order valence-electron chi connectivity index (χ1n) is 9.34. The van der Waals surface area contributed by atoms with Crippen LogP contribution in [0.4, 0.5) is 11.4 Å². The Morgan fingerprint density at radius 2 is 1.43 bits per heavy atom. The number of rotatable bonds is 5. The summed E-state index contributed by atoms with van der Waals surface area (Å²) in [5, 5.41) is 3.29. The summed E-state index contributed by atoms with van der Waals surface area (Å²) in [5.74, 6) is -0.419. The van der Waals surface area contributed by atoms with Gasteiger partial charge in [0.2, 0.25) is 0 Å². The fraction of sp³-hybridized carbons (Fsp3) is 0.174. The van der Waals surface area contributed by atoms with Gasteiger partial charge in [-0.25, -0.2) is 8.42 Å². The molecule has 0 atom stereocenters. The quantitative estimate of drug-likeness (QED) is 0.537. The minimum atomic E-state index is -3.87. The van der Waals surface area contributed by atoms with E-state index < -0.39 is 15.9 Å². The number of benzene rings is 3. The Morgan fingerprint density at radius 1 is 0.800 bits per heavy atom. The molecule has 0 saturated carbocycles. The maximum absolute atomic E-state index is 13.0. The van der Waals surface area contributed by atoms with Crippen LogP contribution in [0.15, 0.2) is 59.5 Å². The number of hydrogen-bond acceptors (Lipinski definition) is 3. The minimum Gasteiger partial charge on any atom is -0.322 e. The second-order valence-corrected chi connectivity index (χ2v) is 9.44. The number of carbonyl (C=O) groups is 1. The molecule has 1 amide bonds. The Labute approximate surface area is 182 Å². The summed E-state index contributed by atoms with van der Waals surface area (Å²) in [6.45, 7) is 7.36. The van der Waals surface area contributed by atoms with E-state index in [4.69, 9.17) is 11.6 Å². The van der Waals surface area contributed by atoms with E-state index in [9.17, 15) is 13.2 Å². The summed E-state index contributed by atoms with van der Waals surface area (Å²) in [6.07, 6.45) is 0. The van der Waals surface area contributed by atoms with Crippen LogP contribution in [0.5, 0.6) is 0 Å². The largest absolute Gasteiger partial charge is 0.322 e. The average molecular weight is 443 g/mol. The molecular weight excluding hydrogens is 420 g/mol. The van der Waals surface area contributed by atoms with Gasteiger partial charge in [-0.3, -0.25) is 9.52 Å². The molecule has 0 fully saturated rings. The lowest BCUT2D eigenvalue weighted by molar-refractivity contribution is 0.102. The van der Waals surface area contributed by atoms with Gasteiger partial charge in [0.05, 0.1) is 4.90 Å². The molecule has 0 radical (unpaired) electrons. The molecule has 3 aromatic carbocycles. The van der Waals surface area contributed by atoms with Crippen molar-refractivity contribution in [2.45, 2.75) is 32.6 Å². The van der Waals surface area contributed by atoms with Gasteiger partial charge >= 0.3 is 0 Å². The van der Waals surface area contributed by atoms with Gasteiger partial charge in [-0.05, 0) is 86.3 Å². The zero-order valence-corrected chi connectivity index (χ0v) is 18.8. The Hall–Kier alpha value is -2.83. The fourth-order valence-corrected chi connectivity index (χ4v) is 4.64. The van der Waals surface area contributed by atoms with E-state index in [1.165, 1.54) is 6.07 Å². The van der Waals surface area contributed by atoms with Crippen molar-refractivity contribution in [2.75, 3.05) is 10.0 Å². The molecule has 0 spiro atoms. The number of aryl methyl sites for hydroxylation is 4. The molecule has 5 nitrogen and oxygen atoms in total. The maximum Gasteiger partial charge on any atom is 0.262 e. The zero-order valence-electron chi connectivity index (χ0n) is 17.2. The second-order valence-electron chi connectivity index (χ2n) is 7.38. The van der Waals surface area contributed by atoms with E-state index in [0.717, 1.165) is 16.7 Å². The fourth-order valence-electron chi connectivity index (χ4n) is 3.15. The van der Waals surface area contributed by atoms with Crippen LogP contribution in [-0.2, 0) is 10.0 Å². The van der Waals surface area contributed by atoms with E-state index >= 15 is 0 Å². The van der Waals surface area contributed by atoms with Crippen molar-refractivity contribution in [1.29, 1.82) is 0 Å². The van der Waals surface area contributed by atoms with Gasteiger partial charge in [-0.2, -0.15) is 0 Å². The smallest absolute Gasteiger partial charge is 0.262 e. The van der Waals surface area contributed by atoms with Crippen LogP contribution < -0.4 is 10.0 Å². The van der Waals surface area contributed by atoms with E-state index in [0.29, 0.717) is 22.0 Å². The van der Waals surface area contributed by atoms with E-state index in [2.05, 4.69) is 10.0 Å². The molecule has 2 N–H and O–H groups in total. The van der Waals surface area contributed by atoms with E-state index in [1.807, 2.05) is 26.8 Å². The molecular formula is C23H23ClN2O3S. The van der Waals surface area contributed by atoms with Gasteiger partial charge < -0.3 is 5.32 Å². The number of hydrogen-bond donors (Lipinski definition) is 2. The van der Waals surface area contributed by atoms with Crippen LogP contribution in [-0.4, -0.2) is 14.3 Å². The molecule has 156 valence electrons. The molecule has 0 aliphatic rings. The van der Waals surface area contributed by atoms with Crippen LogP contribution in [0.25, 0.3) is 0 Å². The highest BCUT2D eigenvalue weighted by molar-refractivity contribution is 7.92. The predicted octanol–water partition coefficient (Wildman–Crippen LogP) is 5.63. The van der Waals surface area contributed by atoms with Crippen molar-refractivity contribution < 1.29 is 13.2 Å². The Balaban J connectivity index is 1.89. The lowest BCUT2D eigenvalue weighted by Gasteiger charge is -2.13. The number of carbonyl (C=O) groups excluding carboxylic acids is 1. The van der Waals surface area contributed by atoms with Gasteiger partial charge in [0, 0.05) is 22.0 Å². The van der Waals surface area contributed by atoms with Gasteiger partial charge in [-0.1, -0.05) is 29.8 Å². The van der Waals surface area contributed by atoms with Gasteiger partial charge in [0.1, 0.15) is 0 Å². The maximum atomic E-state index is 13.0. The highest BCUT2D eigenvalue weighted by Gasteiger charge is 2.20. The predicted molar refractivity (Wildman–Crippen MR) is 122 cm³/mol. The normalized spacial score (nSPS) is 11.2. The molecule has 0 bridgehead atoms. The number of amides is 1. The average Bonchev–Trinajstić information content (AvgIpc) is 2.63. The third-order valence-corrected chi connectivity index (χ3v) is 6.57. The summed E-state index contributed by atoms with van der Waals surface area (Å²) < 4.78 is 28.6. The number of anilines is 2. The summed E-state index contributed by atoms with van der Waals surface area (Å²) >= 11 is 6.11. The molecule has 0 unspecified atom stereocenters. The van der Waals surface area contributed by atoms with Crippen LogP contribution >= 0.6 is 11.6 Å². The topological polar surface area (TPSA) is 75.3 Å². The van der Waals surface area contributed by atoms with Crippen molar-refractivity contribution in [2.24, 2.45) is 0 Å². The van der Waals surface area contributed by atoms with Crippen molar-refractivity contribution in [1.82, 2.24) is 0 Å². The standard InChI is InChI=1S/C23H23ClN2O3S/c1-14-9-15(2)11-20(10-14)26-30(28,29)22-12-18(7-5-17(22)4)23(27)25-19-8-6-16(3)21(24)13-19/h5-13,26H,1-4H3,(H,25,27). The van der Waals surface area contributed by atoms with Crippen LogP contribution in [0.1, 0.15) is 32.6 Å². The molecule has 0 aliphatic carbocycles. The summed E-state index contributed by atoms with van der Waals surface area (Å²) in [4.78, 5) is 12.7. The summed E-state index contributed by atoms with van der Waals surface area (Å²) in [7, 11) is -3.87. The minimum absolute atomic E-state index is 0.0521. The van der Waals surface area contributed by atoms with Crippen LogP contribution in [0.2, 0.25) is 5.02 Å².